The van der Waals surface area contributed by atoms with E-state index in [1.165, 1.54) is 0 Å². The third-order valence-corrected chi connectivity index (χ3v) is 6.85. The van der Waals surface area contributed by atoms with E-state index in [9.17, 15) is 9.59 Å². The number of halogens is 1. The van der Waals surface area contributed by atoms with E-state index >= 15 is 0 Å². The van der Waals surface area contributed by atoms with Gasteiger partial charge >= 0.3 is 0 Å². The van der Waals surface area contributed by atoms with Gasteiger partial charge in [0.05, 0.1) is 17.1 Å². The molecular formula is C23H25ClN4O2. The number of anilines is 1. The zero-order valence-electron chi connectivity index (χ0n) is 17.0. The lowest BCUT2D eigenvalue weighted by molar-refractivity contribution is -0.129. The van der Waals surface area contributed by atoms with E-state index in [-0.39, 0.29) is 23.4 Å². The molecule has 156 valence electrons. The molecule has 2 amide bonds. The number of carbonyl (C=O) groups excluding carboxylic acids is 2. The average Bonchev–Trinajstić information content (AvgIpc) is 3.44. The second-order valence-electron chi connectivity index (χ2n) is 8.76. The van der Waals surface area contributed by atoms with Crippen molar-refractivity contribution >= 4 is 29.2 Å². The smallest absolute Gasteiger partial charge is 0.255 e. The summed E-state index contributed by atoms with van der Waals surface area (Å²) in [5.74, 6) is 1.03. The first kappa shape index (κ1) is 19.4. The van der Waals surface area contributed by atoms with E-state index in [1.807, 2.05) is 34.1 Å². The molecule has 0 aliphatic carbocycles. The van der Waals surface area contributed by atoms with Crippen LogP contribution in [0.25, 0.3) is 0 Å². The number of nitrogens with zero attached hydrogens (tertiary/aromatic N) is 3. The van der Waals surface area contributed by atoms with E-state index < -0.39 is 0 Å². The first-order valence-electron chi connectivity index (χ1n) is 10.5. The highest BCUT2D eigenvalue weighted by atomic mass is 35.5. The molecule has 1 aromatic heterocycles. The highest BCUT2D eigenvalue weighted by Crippen LogP contribution is 2.39. The fourth-order valence-corrected chi connectivity index (χ4v) is 5.18. The summed E-state index contributed by atoms with van der Waals surface area (Å²) in [5, 5.41) is 4.20. The molecule has 0 radical (unpaired) electrons. The summed E-state index contributed by atoms with van der Waals surface area (Å²) in [6.07, 6.45) is 4.81. The predicted molar refractivity (Wildman–Crippen MR) is 116 cm³/mol. The Kier molecular flexibility index (Phi) is 4.69. The van der Waals surface area contributed by atoms with Gasteiger partial charge in [-0.3, -0.25) is 9.59 Å². The minimum absolute atomic E-state index is 0.00388. The molecule has 5 rings (SSSR count). The van der Waals surface area contributed by atoms with E-state index in [0.717, 1.165) is 42.8 Å². The van der Waals surface area contributed by atoms with Gasteiger partial charge in [0.1, 0.15) is 5.82 Å². The molecule has 3 aliphatic heterocycles. The van der Waals surface area contributed by atoms with Crippen molar-refractivity contribution in [3.05, 3.63) is 58.2 Å². The average molecular weight is 425 g/mol. The van der Waals surface area contributed by atoms with Crippen molar-refractivity contribution < 1.29 is 9.59 Å². The number of carbonyl (C=O) groups is 2. The fourth-order valence-electron chi connectivity index (χ4n) is 4.99. The number of amides is 2. The van der Waals surface area contributed by atoms with Gasteiger partial charge in [-0.1, -0.05) is 23.7 Å². The third kappa shape index (κ3) is 3.33. The molecule has 3 aliphatic rings. The summed E-state index contributed by atoms with van der Waals surface area (Å²) in [5.41, 5.74) is 2.43. The first-order valence-corrected chi connectivity index (χ1v) is 10.9. The Bertz CT molecular complexity index is 1030. The predicted octanol–water partition coefficient (Wildman–Crippen LogP) is 3.46. The molecule has 7 heteroatoms. The maximum atomic E-state index is 13.1. The van der Waals surface area contributed by atoms with Crippen molar-refractivity contribution in [3.8, 4) is 0 Å². The summed E-state index contributed by atoms with van der Waals surface area (Å²) in [4.78, 5) is 33.5. The Morgan fingerprint density at radius 1 is 1.30 bits per heavy atom. The minimum Gasteiger partial charge on any atom is -0.360 e. The van der Waals surface area contributed by atoms with Gasteiger partial charge < -0.3 is 15.1 Å². The quantitative estimate of drug-likeness (QED) is 0.819. The van der Waals surface area contributed by atoms with Crippen LogP contribution in [0.1, 0.15) is 47.7 Å². The maximum Gasteiger partial charge on any atom is 0.255 e. The van der Waals surface area contributed by atoms with Crippen LogP contribution >= 0.6 is 11.6 Å². The van der Waals surface area contributed by atoms with Crippen LogP contribution in [0.5, 0.6) is 0 Å². The molecular weight excluding hydrogens is 400 g/mol. The normalized spacial score (nSPS) is 25.5. The monoisotopic (exact) mass is 424 g/mol. The van der Waals surface area contributed by atoms with Gasteiger partial charge in [0.25, 0.3) is 5.91 Å². The van der Waals surface area contributed by atoms with Crippen molar-refractivity contribution in [1.29, 1.82) is 0 Å². The van der Waals surface area contributed by atoms with Crippen molar-refractivity contribution in [2.45, 2.75) is 44.2 Å². The molecule has 1 aromatic carbocycles. The number of aromatic nitrogens is 1. The van der Waals surface area contributed by atoms with Crippen LogP contribution in [0.4, 0.5) is 5.82 Å². The highest BCUT2D eigenvalue weighted by Gasteiger charge is 2.37. The van der Waals surface area contributed by atoms with Gasteiger partial charge in [-0.25, -0.2) is 4.98 Å². The Balaban J connectivity index is 1.32. The summed E-state index contributed by atoms with van der Waals surface area (Å²) in [6, 6.07) is 9.95. The molecule has 4 heterocycles. The highest BCUT2D eigenvalue weighted by molar-refractivity contribution is 6.30. The molecule has 6 nitrogen and oxygen atoms in total. The standard InChI is InChI=1S/C23H25ClN4O2/c1-23(17-4-2-5-18(24)11-17)12-15-10-16(13-25-21(15)26-23)22(30)27-9-7-19(14-27)28-8-3-6-20(28)29/h2,4-5,10-11,13,19H,3,6-9,12,14H2,1H3,(H,25,26)/t19-,23?/m0/s1. The van der Waals surface area contributed by atoms with E-state index in [4.69, 9.17) is 11.6 Å². The Labute approximate surface area is 181 Å². The molecule has 2 saturated heterocycles. The van der Waals surface area contributed by atoms with Gasteiger partial charge in [0.15, 0.2) is 0 Å². The first-order chi connectivity index (χ1) is 14.4. The number of benzene rings is 1. The number of rotatable bonds is 3. The lowest BCUT2D eigenvalue weighted by atomic mass is 9.89. The molecule has 2 fully saturated rings. The van der Waals surface area contributed by atoms with E-state index in [1.54, 1.807) is 6.20 Å². The van der Waals surface area contributed by atoms with Gasteiger partial charge in [-0.2, -0.15) is 0 Å². The van der Waals surface area contributed by atoms with Crippen LogP contribution in [0.2, 0.25) is 5.02 Å². The summed E-state index contributed by atoms with van der Waals surface area (Å²) < 4.78 is 0. The van der Waals surface area contributed by atoms with Crippen LogP contribution < -0.4 is 5.32 Å². The number of nitrogens with one attached hydrogen (secondary N) is 1. The summed E-state index contributed by atoms with van der Waals surface area (Å²) in [6.45, 7) is 4.24. The molecule has 2 aromatic rings. The third-order valence-electron chi connectivity index (χ3n) is 6.61. The van der Waals surface area contributed by atoms with Crippen molar-refractivity contribution in [2.75, 3.05) is 25.0 Å². The molecule has 0 bridgehead atoms. The Morgan fingerprint density at radius 2 is 2.17 bits per heavy atom. The number of pyridine rings is 1. The lowest BCUT2D eigenvalue weighted by Crippen LogP contribution is -2.39. The summed E-state index contributed by atoms with van der Waals surface area (Å²) >= 11 is 6.19. The number of hydrogen-bond acceptors (Lipinski definition) is 4. The largest absolute Gasteiger partial charge is 0.360 e. The number of fused-ring (bicyclic) bond motifs is 1. The minimum atomic E-state index is -0.309. The van der Waals surface area contributed by atoms with Gasteiger partial charge in [0.2, 0.25) is 5.91 Å². The SMILES string of the molecule is CC1(c2cccc(Cl)c2)Cc2cc(C(=O)N3CC[C@H](N4CCCC4=O)C3)cnc2N1. The summed E-state index contributed by atoms with van der Waals surface area (Å²) in [7, 11) is 0. The van der Waals surface area contributed by atoms with Crippen LogP contribution in [-0.2, 0) is 16.8 Å². The van der Waals surface area contributed by atoms with Crippen LogP contribution in [0, 0.1) is 0 Å². The van der Waals surface area contributed by atoms with Crippen LogP contribution in [0.3, 0.4) is 0 Å². The van der Waals surface area contributed by atoms with E-state index in [0.29, 0.717) is 30.1 Å². The van der Waals surface area contributed by atoms with E-state index in [2.05, 4.69) is 23.3 Å². The lowest BCUT2D eigenvalue weighted by Gasteiger charge is -2.25. The molecule has 30 heavy (non-hydrogen) atoms. The van der Waals surface area contributed by atoms with Crippen molar-refractivity contribution in [2.24, 2.45) is 0 Å². The second-order valence-corrected chi connectivity index (χ2v) is 9.20. The zero-order valence-corrected chi connectivity index (χ0v) is 17.8. The van der Waals surface area contributed by atoms with Crippen molar-refractivity contribution in [1.82, 2.24) is 14.8 Å². The molecule has 1 N–H and O–H groups in total. The number of hydrogen-bond donors (Lipinski definition) is 1. The van der Waals surface area contributed by atoms with Gasteiger partial charge in [-0.15, -0.1) is 0 Å². The molecule has 0 saturated carbocycles. The topological polar surface area (TPSA) is 65.5 Å². The zero-order chi connectivity index (χ0) is 20.9. The maximum absolute atomic E-state index is 13.1. The van der Waals surface area contributed by atoms with Gasteiger partial charge in [-0.05, 0) is 49.1 Å². The van der Waals surface area contributed by atoms with Crippen LogP contribution in [0.15, 0.2) is 36.5 Å². The van der Waals surface area contributed by atoms with Crippen molar-refractivity contribution in [3.63, 3.8) is 0 Å². The fraction of sp³-hybridized carbons (Fsp3) is 0.435. The number of likely N-dealkylation sites (tertiary alicyclic amines) is 2. The second kappa shape index (κ2) is 7.27. The Hall–Kier alpha value is -2.60. The van der Waals surface area contributed by atoms with Gasteiger partial charge in [0, 0.05) is 43.7 Å². The molecule has 2 atom stereocenters. The Morgan fingerprint density at radius 3 is 2.93 bits per heavy atom. The molecule has 0 spiro atoms. The molecule has 1 unspecified atom stereocenters. The van der Waals surface area contributed by atoms with Crippen LogP contribution in [-0.4, -0.2) is 52.3 Å².